The molecule has 108 valence electrons. The summed E-state index contributed by atoms with van der Waals surface area (Å²) in [6.07, 6.45) is 2.03. The van der Waals surface area contributed by atoms with E-state index in [1.54, 1.807) is 0 Å². The van der Waals surface area contributed by atoms with Crippen LogP contribution in [-0.4, -0.2) is 36.5 Å². The number of rotatable bonds is 4. The Kier molecular flexibility index (Phi) is 5.88. The van der Waals surface area contributed by atoms with Gasteiger partial charge in [-0.15, -0.1) is 12.4 Å². The predicted molar refractivity (Wildman–Crippen MR) is 78.0 cm³/mol. The van der Waals surface area contributed by atoms with Gasteiger partial charge >= 0.3 is 0 Å². The molecule has 1 amide bonds. The first-order valence-corrected chi connectivity index (χ1v) is 6.72. The molecule has 1 N–H and O–H groups in total. The van der Waals surface area contributed by atoms with Gasteiger partial charge in [0, 0.05) is 19.1 Å². The molecule has 1 aliphatic rings. The summed E-state index contributed by atoms with van der Waals surface area (Å²) in [6.45, 7) is 8.57. The Morgan fingerprint density at radius 1 is 1.53 bits per heavy atom. The highest BCUT2D eigenvalue weighted by Crippen LogP contribution is 2.19. The van der Waals surface area contributed by atoms with Gasteiger partial charge in [-0.25, -0.2) is 0 Å². The number of carbonyl (C=O) groups excluding carboxylic acids is 1. The smallest absolute Gasteiger partial charge is 0.257 e. The fourth-order valence-corrected chi connectivity index (χ4v) is 2.59. The third-order valence-electron chi connectivity index (χ3n) is 3.47. The quantitative estimate of drug-likeness (QED) is 0.925. The second-order valence-electron chi connectivity index (χ2n) is 4.97. The van der Waals surface area contributed by atoms with Crippen molar-refractivity contribution >= 4 is 18.3 Å². The molecule has 2 rings (SSSR count). The van der Waals surface area contributed by atoms with Gasteiger partial charge in [-0.3, -0.25) is 4.79 Å². The van der Waals surface area contributed by atoms with E-state index in [9.17, 15) is 4.79 Å². The Labute approximate surface area is 120 Å². The first-order chi connectivity index (χ1) is 8.63. The molecule has 0 aromatic carbocycles. The molecule has 0 radical (unpaired) electrons. The summed E-state index contributed by atoms with van der Waals surface area (Å²) in [4.78, 5) is 14.6. The molecular weight excluding hydrogens is 264 g/mol. The zero-order valence-electron chi connectivity index (χ0n) is 11.9. The van der Waals surface area contributed by atoms with Crippen molar-refractivity contribution in [3.63, 3.8) is 0 Å². The van der Waals surface area contributed by atoms with Gasteiger partial charge < -0.3 is 14.6 Å². The van der Waals surface area contributed by atoms with Gasteiger partial charge in [0.2, 0.25) is 0 Å². The Hall–Kier alpha value is -1.00. The van der Waals surface area contributed by atoms with Crippen LogP contribution in [0.3, 0.4) is 0 Å². The second-order valence-corrected chi connectivity index (χ2v) is 4.97. The molecule has 1 saturated heterocycles. The van der Waals surface area contributed by atoms with Crippen molar-refractivity contribution < 1.29 is 9.21 Å². The van der Waals surface area contributed by atoms with Crippen molar-refractivity contribution in [2.45, 2.75) is 39.7 Å². The molecule has 0 aliphatic carbocycles. The van der Waals surface area contributed by atoms with E-state index in [1.165, 1.54) is 0 Å². The molecule has 1 aromatic rings. The fraction of sp³-hybridized carbons (Fsp3) is 0.643. The van der Waals surface area contributed by atoms with Gasteiger partial charge in [0.1, 0.15) is 11.5 Å². The number of nitrogens with one attached hydrogen (secondary N) is 1. The largest absolute Gasteiger partial charge is 0.466 e. The van der Waals surface area contributed by atoms with Crippen molar-refractivity contribution in [3.05, 3.63) is 23.2 Å². The van der Waals surface area contributed by atoms with Crippen molar-refractivity contribution in [2.75, 3.05) is 19.6 Å². The molecule has 1 atom stereocenters. The van der Waals surface area contributed by atoms with E-state index in [1.807, 2.05) is 24.8 Å². The lowest BCUT2D eigenvalue weighted by molar-refractivity contribution is 0.0690. The van der Waals surface area contributed by atoms with Crippen LogP contribution in [0.4, 0.5) is 0 Å². The van der Waals surface area contributed by atoms with E-state index in [0.717, 1.165) is 44.0 Å². The normalized spacial score (nSPS) is 18.2. The van der Waals surface area contributed by atoms with Crippen LogP contribution in [0, 0.1) is 13.8 Å². The average molecular weight is 287 g/mol. The lowest BCUT2D eigenvalue weighted by Gasteiger charge is -2.28. The van der Waals surface area contributed by atoms with Crippen LogP contribution in [0.2, 0.25) is 0 Å². The fourth-order valence-electron chi connectivity index (χ4n) is 2.59. The number of halogens is 1. The topological polar surface area (TPSA) is 45.5 Å². The number of furan rings is 1. The highest BCUT2D eigenvalue weighted by Gasteiger charge is 2.28. The number of carbonyl (C=O) groups is 1. The molecule has 1 aromatic heterocycles. The van der Waals surface area contributed by atoms with E-state index in [-0.39, 0.29) is 18.3 Å². The van der Waals surface area contributed by atoms with Gasteiger partial charge in [-0.05, 0) is 39.3 Å². The van der Waals surface area contributed by atoms with Crippen LogP contribution >= 0.6 is 12.4 Å². The summed E-state index contributed by atoms with van der Waals surface area (Å²) < 4.78 is 5.46. The Morgan fingerprint density at radius 3 is 2.74 bits per heavy atom. The van der Waals surface area contributed by atoms with E-state index >= 15 is 0 Å². The standard InChI is InChI=1S/C14H22N2O2.ClH/c1-4-7-16(12-5-6-15-9-12)14(17)13-8-10(2)18-11(13)3;/h8,12,15H,4-7,9H2,1-3H3;1H. The number of hydrogen-bond acceptors (Lipinski definition) is 3. The van der Waals surface area contributed by atoms with Crippen molar-refractivity contribution in [1.29, 1.82) is 0 Å². The van der Waals surface area contributed by atoms with Crippen molar-refractivity contribution in [1.82, 2.24) is 10.2 Å². The molecule has 2 heterocycles. The Balaban J connectivity index is 0.00000180. The molecule has 0 spiro atoms. The maximum Gasteiger partial charge on any atom is 0.257 e. The Bertz CT molecular complexity index is 425. The predicted octanol–water partition coefficient (Wildman–Crippen LogP) is 2.53. The van der Waals surface area contributed by atoms with Crippen molar-refractivity contribution in [2.24, 2.45) is 0 Å². The first-order valence-electron chi connectivity index (χ1n) is 6.72. The number of hydrogen-bond donors (Lipinski definition) is 1. The van der Waals surface area contributed by atoms with E-state index in [0.29, 0.717) is 11.6 Å². The molecule has 0 saturated carbocycles. The number of nitrogens with zero attached hydrogens (tertiary/aromatic N) is 1. The van der Waals surface area contributed by atoms with Gasteiger partial charge in [0.25, 0.3) is 5.91 Å². The van der Waals surface area contributed by atoms with E-state index < -0.39 is 0 Å². The van der Waals surface area contributed by atoms with Crippen LogP contribution in [0.15, 0.2) is 10.5 Å². The molecule has 5 heteroatoms. The molecule has 1 aliphatic heterocycles. The first kappa shape index (κ1) is 16.1. The van der Waals surface area contributed by atoms with Gasteiger partial charge in [0.05, 0.1) is 5.56 Å². The van der Waals surface area contributed by atoms with Gasteiger partial charge in [-0.2, -0.15) is 0 Å². The Morgan fingerprint density at radius 2 is 2.26 bits per heavy atom. The number of amides is 1. The SMILES string of the molecule is CCCN(C(=O)c1cc(C)oc1C)C1CCNC1.Cl. The minimum Gasteiger partial charge on any atom is -0.466 e. The molecule has 1 fully saturated rings. The zero-order valence-corrected chi connectivity index (χ0v) is 12.7. The monoisotopic (exact) mass is 286 g/mol. The summed E-state index contributed by atoms with van der Waals surface area (Å²) in [7, 11) is 0. The molecular formula is C14H23ClN2O2. The summed E-state index contributed by atoms with van der Waals surface area (Å²) >= 11 is 0. The molecule has 19 heavy (non-hydrogen) atoms. The molecule has 0 bridgehead atoms. The van der Waals surface area contributed by atoms with Crippen LogP contribution in [0.25, 0.3) is 0 Å². The highest BCUT2D eigenvalue weighted by molar-refractivity contribution is 5.95. The molecule has 4 nitrogen and oxygen atoms in total. The number of aryl methyl sites for hydroxylation is 2. The minimum atomic E-state index is 0. The second kappa shape index (κ2) is 6.96. The minimum absolute atomic E-state index is 0. The lowest BCUT2D eigenvalue weighted by atomic mass is 10.1. The van der Waals surface area contributed by atoms with Gasteiger partial charge in [-0.1, -0.05) is 6.92 Å². The highest BCUT2D eigenvalue weighted by atomic mass is 35.5. The third kappa shape index (κ3) is 3.51. The third-order valence-corrected chi connectivity index (χ3v) is 3.47. The summed E-state index contributed by atoms with van der Waals surface area (Å²) in [5.74, 6) is 1.64. The van der Waals surface area contributed by atoms with Crippen LogP contribution in [0.1, 0.15) is 41.6 Å². The van der Waals surface area contributed by atoms with E-state index in [4.69, 9.17) is 4.42 Å². The van der Waals surface area contributed by atoms with Crippen LogP contribution in [-0.2, 0) is 0 Å². The average Bonchev–Trinajstić information content (AvgIpc) is 2.95. The lowest BCUT2D eigenvalue weighted by Crippen LogP contribution is -2.42. The van der Waals surface area contributed by atoms with Crippen LogP contribution < -0.4 is 5.32 Å². The summed E-state index contributed by atoms with van der Waals surface area (Å²) in [5.41, 5.74) is 0.716. The van der Waals surface area contributed by atoms with Crippen molar-refractivity contribution in [3.8, 4) is 0 Å². The zero-order chi connectivity index (χ0) is 13.1. The van der Waals surface area contributed by atoms with Gasteiger partial charge in [0.15, 0.2) is 0 Å². The summed E-state index contributed by atoms with van der Waals surface area (Å²) in [6, 6.07) is 2.18. The van der Waals surface area contributed by atoms with Crippen LogP contribution in [0.5, 0.6) is 0 Å². The maximum absolute atomic E-state index is 12.6. The summed E-state index contributed by atoms with van der Waals surface area (Å²) in [5, 5.41) is 3.32. The molecule has 1 unspecified atom stereocenters. The maximum atomic E-state index is 12.6. The van der Waals surface area contributed by atoms with E-state index in [2.05, 4.69) is 12.2 Å².